The van der Waals surface area contributed by atoms with Gasteiger partial charge in [-0.05, 0) is 11.8 Å². The lowest BCUT2D eigenvalue weighted by Gasteiger charge is -1.65. The molecule has 0 aromatic rings. The molecule has 0 saturated heterocycles. The molecule has 0 aromatic carbocycles. The van der Waals surface area contributed by atoms with Crippen LogP contribution in [0.3, 0.4) is 0 Å². The van der Waals surface area contributed by atoms with E-state index < -0.39 is 0 Å². The quantitative estimate of drug-likeness (QED) is 0.412. The highest BCUT2D eigenvalue weighted by Gasteiger charge is 2.40. The normalized spacial score (nSPS) is 55.5. The largest absolute Gasteiger partial charge is 0.122 e. The molecule has 1 saturated carbocycles. The Hall–Kier alpha value is 0.290. The molecule has 1 aliphatic carbocycles. The molecule has 36 valence electrons. The maximum Gasteiger partial charge on any atom is 0.0393 e. The van der Waals surface area contributed by atoms with Crippen molar-refractivity contribution in [3.8, 4) is 0 Å². The summed E-state index contributed by atoms with van der Waals surface area (Å²) < 4.78 is 0. The van der Waals surface area contributed by atoms with Crippen LogP contribution in [-0.4, -0.2) is 5.38 Å². The van der Waals surface area contributed by atoms with Crippen LogP contribution in [0, 0.1) is 11.8 Å². The van der Waals surface area contributed by atoms with Crippen LogP contribution in [0.25, 0.3) is 0 Å². The smallest absolute Gasteiger partial charge is 0.0393 e. The highest BCUT2D eigenvalue weighted by atomic mass is 35.5. The van der Waals surface area contributed by atoms with Gasteiger partial charge in [-0.1, -0.05) is 13.8 Å². The molecular formula is C5H9Cl. The monoisotopic (exact) mass is 104 g/mol. The van der Waals surface area contributed by atoms with Crippen LogP contribution in [-0.2, 0) is 0 Å². The molecule has 0 spiro atoms. The fourth-order valence-electron chi connectivity index (χ4n) is 0.602. The van der Waals surface area contributed by atoms with Gasteiger partial charge in [0.15, 0.2) is 0 Å². The van der Waals surface area contributed by atoms with Crippen LogP contribution in [0.4, 0.5) is 0 Å². The van der Waals surface area contributed by atoms with Crippen LogP contribution in [0.2, 0.25) is 0 Å². The van der Waals surface area contributed by atoms with Crippen LogP contribution in [0.15, 0.2) is 0 Å². The van der Waals surface area contributed by atoms with E-state index in [4.69, 9.17) is 11.6 Å². The van der Waals surface area contributed by atoms with Gasteiger partial charge in [0.05, 0.1) is 0 Å². The zero-order chi connectivity index (χ0) is 4.73. The molecule has 0 nitrogen and oxygen atoms in total. The minimum atomic E-state index is 0.491. The number of hydrogen-bond donors (Lipinski definition) is 0. The van der Waals surface area contributed by atoms with Crippen molar-refractivity contribution in [2.45, 2.75) is 19.2 Å². The summed E-state index contributed by atoms with van der Waals surface area (Å²) in [6, 6.07) is 0. The van der Waals surface area contributed by atoms with Crippen molar-refractivity contribution in [2.75, 3.05) is 0 Å². The maximum absolute atomic E-state index is 5.69. The zero-order valence-electron chi connectivity index (χ0n) is 4.11. The molecule has 0 bridgehead atoms. The fourth-order valence-corrected chi connectivity index (χ4v) is 0.977. The SMILES string of the molecule is C[C@H]1C(Cl)[C@@H]1C. The second-order valence-corrected chi connectivity index (χ2v) is 2.67. The average Bonchev–Trinajstić information content (AvgIpc) is 1.94. The number of alkyl halides is 1. The molecule has 2 atom stereocenters. The molecule has 1 aliphatic rings. The Morgan fingerprint density at radius 2 is 1.33 bits per heavy atom. The van der Waals surface area contributed by atoms with Gasteiger partial charge in [0.2, 0.25) is 0 Å². The van der Waals surface area contributed by atoms with E-state index in [9.17, 15) is 0 Å². The van der Waals surface area contributed by atoms with E-state index in [0.29, 0.717) is 5.38 Å². The molecule has 0 radical (unpaired) electrons. The van der Waals surface area contributed by atoms with Crippen molar-refractivity contribution >= 4 is 11.6 Å². The summed E-state index contributed by atoms with van der Waals surface area (Å²) in [5.74, 6) is 1.57. The highest BCUT2D eigenvalue weighted by Crippen LogP contribution is 2.42. The van der Waals surface area contributed by atoms with Crippen molar-refractivity contribution in [1.82, 2.24) is 0 Å². The van der Waals surface area contributed by atoms with E-state index in [1.165, 1.54) is 0 Å². The van der Waals surface area contributed by atoms with Gasteiger partial charge in [0.25, 0.3) is 0 Å². The molecule has 0 unspecified atom stereocenters. The van der Waals surface area contributed by atoms with Gasteiger partial charge < -0.3 is 0 Å². The van der Waals surface area contributed by atoms with Crippen LogP contribution in [0.5, 0.6) is 0 Å². The van der Waals surface area contributed by atoms with Gasteiger partial charge in [0.1, 0.15) is 0 Å². The summed E-state index contributed by atoms with van der Waals surface area (Å²) in [5.41, 5.74) is 0. The highest BCUT2D eigenvalue weighted by molar-refractivity contribution is 6.22. The van der Waals surface area contributed by atoms with Gasteiger partial charge in [-0.3, -0.25) is 0 Å². The Labute approximate surface area is 43.5 Å². The van der Waals surface area contributed by atoms with E-state index in [0.717, 1.165) is 11.8 Å². The lowest BCUT2D eigenvalue weighted by atomic mass is 10.4. The van der Waals surface area contributed by atoms with E-state index in [1.807, 2.05) is 0 Å². The van der Waals surface area contributed by atoms with Crippen molar-refractivity contribution in [3.05, 3.63) is 0 Å². The summed E-state index contributed by atoms with van der Waals surface area (Å²) >= 11 is 5.69. The second kappa shape index (κ2) is 1.13. The topological polar surface area (TPSA) is 0 Å². The van der Waals surface area contributed by atoms with E-state index >= 15 is 0 Å². The summed E-state index contributed by atoms with van der Waals surface area (Å²) in [6.45, 7) is 4.37. The maximum atomic E-state index is 5.69. The van der Waals surface area contributed by atoms with Crippen molar-refractivity contribution in [3.63, 3.8) is 0 Å². The first kappa shape index (κ1) is 4.45. The predicted molar refractivity (Wildman–Crippen MR) is 28.0 cm³/mol. The molecule has 1 heteroatoms. The molecule has 0 heterocycles. The number of hydrogen-bond acceptors (Lipinski definition) is 0. The molecule has 1 fully saturated rings. The van der Waals surface area contributed by atoms with Crippen LogP contribution >= 0.6 is 11.6 Å². The van der Waals surface area contributed by atoms with Crippen molar-refractivity contribution < 1.29 is 0 Å². The minimum absolute atomic E-state index is 0.491. The second-order valence-electron chi connectivity index (χ2n) is 2.16. The predicted octanol–water partition coefficient (Wildman–Crippen LogP) is 1.88. The van der Waals surface area contributed by atoms with E-state index in [-0.39, 0.29) is 0 Å². The fraction of sp³-hybridized carbons (Fsp3) is 1.00. The Morgan fingerprint density at radius 1 is 1.17 bits per heavy atom. The van der Waals surface area contributed by atoms with Crippen LogP contribution < -0.4 is 0 Å². The van der Waals surface area contributed by atoms with Gasteiger partial charge >= 0.3 is 0 Å². The first-order valence-corrected chi connectivity index (χ1v) is 2.81. The molecule has 0 amide bonds. The first-order valence-electron chi connectivity index (χ1n) is 2.37. The molecule has 0 aromatic heterocycles. The van der Waals surface area contributed by atoms with E-state index in [1.54, 1.807) is 0 Å². The van der Waals surface area contributed by atoms with Crippen molar-refractivity contribution in [1.29, 1.82) is 0 Å². The molecule has 0 aliphatic heterocycles. The third kappa shape index (κ3) is 0.439. The van der Waals surface area contributed by atoms with Gasteiger partial charge in [-0.2, -0.15) is 0 Å². The number of halogens is 1. The van der Waals surface area contributed by atoms with E-state index in [2.05, 4.69) is 13.8 Å². The van der Waals surface area contributed by atoms with Gasteiger partial charge in [-0.15, -0.1) is 11.6 Å². The molecule has 6 heavy (non-hydrogen) atoms. The molecule has 1 rings (SSSR count). The summed E-state index contributed by atoms with van der Waals surface area (Å²) in [5, 5.41) is 0.491. The Bertz CT molecular complexity index is 40.7. The third-order valence-corrected chi connectivity index (χ3v) is 2.49. The first-order chi connectivity index (χ1) is 2.73. The Balaban J connectivity index is 2.31. The third-order valence-electron chi connectivity index (χ3n) is 1.69. The Morgan fingerprint density at radius 3 is 1.33 bits per heavy atom. The zero-order valence-corrected chi connectivity index (χ0v) is 4.87. The average molecular weight is 105 g/mol. The lowest BCUT2D eigenvalue weighted by Crippen LogP contribution is -1.62. The number of rotatable bonds is 0. The van der Waals surface area contributed by atoms with Crippen LogP contribution in [0.1, 0.15) is 13.8 Å². The minimum Gasteiger partial charge on any atom is -0.122 e. The summed E-state index contributed by atoms with van der Waals surface area (Å²) in [6.07, 6.45) is 0. The lowest BCUT2D eigenvalue weighted by molar-refractivity contribution is 0.834. The summed E-state index contributed by atoms with van der Waals surface area (Å²) in [7, 11) is 0. The van der Waals surface area contributed by atoms with Gasteiger partial charge in [-0.25, -0.2) is 0 Å². The van der Waals surface area contributed by atoms with Gasteiger partial charge in [0, 0.05) is 5.38 Å². The Kier molecular flexibility index (Phi) is 0.836. The summed E-state index contributed by atoms with van der Waals surface area (Å²) in [4.78, 5) is 0. The van der Waals surface area contributed by atoms with Crippen molar-refractivity contribution in [2.24, 2.45) is 11.8 Å². The standard InChI is InChI=1S/C5H9Cl/c1-3-4(2)5(3)6/h3-5H,1-2H3/t3-,4-/m1/s1. The molecular weight excluding hydrogens is 95.5 g/mol. The molecule has 0 N–H and O–H groups in total.